The van der Waals surface area contributed by atoms with Gasteiger partial charge in [-0.1, -0.05) is 86.1 Å². The first-order valence-electron chi connectivity index (χ1n) is 18.8. The molecule has 0 saturated carbocycles. The average Bonchev–Trinajstić information content (AvgIpc) is 3.24. The monoisotopic (exact) mass is 775 g/mol. The highest BCUT2D eigenvalue weighted by atomic mass is 35.5. The molecule has 10 heteroatoms. The van der Waals surface area contributed by atoms with Gasteiger partial charge in [0.1, 0.15) is 41.5 Å². The third-order valence-electron chi connectivity index (χ3n) is 9.14. The number of ether oxygens (including phenoxy) is 2. The average molecular weight is 776 g/mol. The highest BCUT2D eigenvalue weighted by molar-refractivity contribution is 6.29. The van der Waals surface area contributed by atoms with Crippen molar-refractivity contribution in [2.45, 2.75) is 53.8 Å². The molecular weight excluding hydrogens is 730 g/mol. The first kappa shape index (κ1) is 40.1. The van der Waals surface area contributed by atoms with Gasteiger partial charge in [0.2, 0.25) is 0 Å². The molecule has 0 spiro atoms. The molecule has 0 fully saturated rings. The zero-order valence-electron chi connectivity index (χ0n) is 32.6. The Morgan fingerprint density at radius 1 is 0.579 bits per heavy atom. The van der Waals surface area contributed by atoms with Crippen LogP contribution in [0.3, 0.4) is 0 Å². The van der Waals surface area contributed by atoms with Crippen LogP contribution in [0.5, 0.6) is 11.5 Å². The number of rotatable bonds is 10. The summed E-state index contributed by atoms with van der Waals surface area (Å²) in [5.41, 5.74) is 12.9. The molecule has 0 unspecified atom stereocenters. The number of nitrogens with two attached hydrogens (primary N) is 1. The lowest BCUT2D eigenvalue weighted by molar-refractivity contribution is 0.310. The van der Waals surface area contributed by atoms with Crippen LogP contribution in [-0.4, -0.2) is 24.9 Å². The maximum atomic E-state index is 6.12. The lowest BCUT2D eigenvalue weighted by Gasteiger charge is -2.12. The lowest BCUT2D eigenvalue weighted by atomic mass is 10.0. The summed E-state index contributed by atoms with van der Waals surface area (Å²) in [5, 5.41) is 8.39. The largest absolute Gasteiger partial charge is 0.488 e. The number of anilines is 3. The van der Waals surface area contributed by atoms with Crippen molar-refractivity contribution in [2.75, 3.05) is 11.1 Å². The molecule has 0 aliphatic heterocycles. The van der Waals surface area contributed by atoms with Gasteiger partial charge in [-0.2, -0.15) is 0 Å². The first-order chi connectivity index (χ1) is 27.8. The van der Waals surface area contributed by atoms with Crippen LogP contribution in [0, 0.1) is 13.8 Å². The van der Waals surface area contributed by atoms with Crippen molar-refractivity contribution in [3.05, 3.63) is 179 Å². The van der Waals surface area contributed by atoms with Gasteiger partial charge in [-0.3, -0.25) is 9.97 Å². The van der Waals surface area contributed by atoms with Gasteiger partial charge in [-0.05, 0) is 108 Å². The number of nitrogen functional groups attached to an aromatic ring is 1. The highest BCUT2D eigenvalue weighted by Crippen LogP contribution is 2.30. The second-order valence-corrected chi connectivity index (χ2v) is 13.7. The summed E-state index contributed by atoms with van der Waals surface area (Å²) < 4.78 is 12.0. The summed E-state index contributed by atoms with van der Waals surface area (Å²) in [6.07, 6.45) is 12.2. The van der Waals surface area contributed by atoms with E-state index in [4.69, 9.17) is 26.8 Å². The van der Waals surface area contributed by atoms with Crippen LogP contribution in [0.25, 0.3) is 21.5 Å². The summed E-state index contributed by atoms with van der Waals surface area (Å²) in [6, 6.07) is 34.4. The molecule has 3 N–H and O–H groups in total. The quantitative estimate of drug-likeness (QED) is 0.131. The smallest absolute Gasteiger partial charge is 0.150 e. The van der Waals surface area contributed by atoms with Gasteiger partial charge >= 0.3 is 0 Å². The van der Waals surface area contributed by atoms with Crippen LogP contribution in [-0.2, 0) is 26.1 Å². The number of fused-ring (bicyclic) bond motifs is 2. The Hall–Kier alpha value is -6.58. The number of nitrogens with zero attached hydrogens (tertiary/aromatic N) is 5. The number of halogens is 1. The van der Waals surface area contributed by atoms with E-state index in [1.165, 1.54) is 27.5 Å². The van der Waals surface area contributed by atoms with E-state index in [1.54, 1.807) is 31.0 Å². The number of hydrogen-bond acceptors (Lipinski definition) is 9. The van der Waals surface area contributed by atoms with Crippen molar-refractivity contribution in [2.24, 2.45) is 0 Å². The molecule has 0 aliphatic carbocycles. The van der Waals surface area contributed by atoms with E-state index in [2.05, 4.69) is 100 Å². The number of hydrogen-bond donors (Lipinski definition) is 2. The second kappa shape index (κ2) is 19.8. The zero-order valence-corrected chi connectivity index (χ0v) is 33.4. The maximum absolute atomic E-state index is 6.12. The third-order valence-corrected chi connectivity index (χ3v) is 9.34. The predicted molar refractivity (Wildman–Crippen MR) is 232 cm³/mol. The van der Waals surface area contributed by atoms with Crippen molar-refractivity contribution in [3.63, 3.8) is 0 Å². The Labute approximate surface area is 339 Å². The summed E-state index contributed by atoms with van der Waals surface area (Å²) in [4.78, 5) is 21.0. The Morgan fingerprint density at radius 3 is 1.72 bits per heavy atom. The van der Waals surface area contributed by atoms with Gasteiger partial charge in [-0.15, -0.1) is 0 Å². The Kier molecular flexibility index (Phi) is 14.0. The van der Waals surface area contributed by atoms with Crippen molar-refractivity contribution < 1.29 is 9.47 Å². The third kappa shape index (κ3) is 11.2. The number of aryl methyl sites for hydroxylation is 4. The Balaban J connectivity index is 0.000000164. The molecular formula is C47H46ClN7O2. The fraction of sp³-hybridized carbons (Fsp3) is 0.170. The van der Waals surface area contributed by atoms with Crippen LogP contribution < -0.4 is 20.5 Å². The van der Waals surface area contributed by atoms with E-state index in [-0.39, 0.29) is 0 Å². The molecule has 0 aliphatic rings. The van der Waals surface area contributed by atoms with Crippen molar-refractivity contribution in [1.82, 2.24) is 24.9 Å². The number of pyridine rings is 3. The van der Waals surface area contributed by atoms with Crippen molar-refractivity contribution in [1.29, 1.82) is 0 Å². The van der Waals surface area contributed by atoms with Crippen molar-refractivity contribution in [3.8, 4) is 11.5 Å². The van der Waals surface area contributed by atoms with E-state index < -0.39 is 0 Å². The van der Waals surface area contributed by atoms with E-state index in [9.17, 15) is 0 Å². The van der Waals surface area contributed by atoms with Crippen LogP contribution in [0.4, 0.5) is 17.3 Å². The van der Waals surface area contributed by atoms with Crippen LogP contribution in [0.1, 0.15) is 47.4 Å². The van der Waals surface area contributed by atoms with Crippen LogP contribution in [0.15, 0.2) is 140 Å². The van der Waals surface area contributed by atoms with E-state index in [1.807, 2.05) is 66.9 Å². The fourth-order valence-corrected chi connectivity index (χ4v) is 6.25. The zero-order chi connectivity index (χ0) is 40.0. The van der Waals surface area contributed by atoms with Crippen LogP contribution >= 0.6 is 11.6 Å². The minimum atomic E-state index is 0.463. The number of aromatic nitrogens is 5. The molecule has 8 rings (SSSR count). The number of nitrogens with one attached hydrogen (secondary N) is 1. The molecule has 0 amide bonds. The minimum absolute atomic E-state index is 0.463. The maximum Gasteiger partial charge on any atom is 0.150 e. The van der Waals surface area contributed by atoms with Gasteiger partial charge in [0.25, 0.3) is 0 Å². The normalized spacial score (nSPS) is 10.5. The molecule has 0 bridgehead atoms. The minimum Gasteiger partial charge on any atom is -0.488 e. The Morgan fingerprint density at radius 2 is 1.16 bits per heavy atom. The SMILES string of the molecule is CCc1cncc(N)c1.CCc1cncc(Nc2cc(COc3ccc(C)c4ccccc34)ccn2)n1.Cc1ccc(OCc2ccnc(Cl)c2)c2ccccc12. The van der Waals surface area contributed by atoms with Crippen molar-refractivity contribution >= 4 is 50.5 Å². The summed E-state index contributed by atoms with van der Waals surface area (Å²) in [7, 11) is 0. The lowest BCUT2D eigenvalue weighted by Crippen LogP contribution is -2.01. The molecule has 4 aromatic heterocycles. The van der Waals surface area contributed by atoms with Gasteiger partial charge < -0.3 is 20.5 Å². The standard InChI is InChI=1S/C23H22N4O.C17H14ClNO.C7H10N2/c1-3-18-13-24-14-23(26-18)27-22-12-17(10-11-25-22)15-28-21-9-8-16(2)19-6-4-5-7-20(19)21;1-12-6-7-16(15-5-3-2-4-14(12)15)20-11-13-8-9-19-17(18)10-13;1-2-6-3-7(8)5-9-4-6/h4-14H,3,15H2,1-2H3,(H,25,26,27);2-10H,11H2,1H3;3-5H,2,8H2,1H3. The van der Waals surface area contributed by atoms with E-state index in [0.717, 1.165) is 63.4 Å². The van der Waals surface area contributed by atoms with Gasteiger partial charge in [0.05, 0.1) is 17.6 Å². The predicted octanol–water partition coefficient (Wildman–Crippen LogP) is 11.2. The molecule has 288 valence electrons. The first-order valence-corrected chi connectivity index (χ1v) is 19.2. The topological polar surface area (TPSA) is 121 Å². The summed E-state index contributed by atoms with van der Waals surface area (Å²) in [6.45, 7) is 9.30. The van der Waals surface area contributed by atoms with Gasteiger partial charge in [0.15, 0.2) is 0 Å². The number of benzene rings is 4. The van der Waals surface area contributed by atoms with E-state index in [0.29, 0.717) is 24.2 Å². The summed E-state index contributed by atoms with van der Waals surface area (Å²) in [5.74, 6) is 3.18. The van der Waals surface area contributed by atoms with E-state index >= 15 is 0 Å². The summed E-state index contributed by atoms with van der Waals surface area (Å²) >= 11 is 5.88. The molecule has 4 aromatic carbocycles. The molecule has 57 heavy (non-hydrogen) atoms. The van der Waals surface area contributed by atoms with Gasteiger partial charge in [0, 0.05) is 41.8 Å². The molecule has 8 aromatic rings. The van der Waals surface area contributed by atoms with Crippen LogP contribution in [0.2, 0.25) is 5.15 Å². The molecule has 0 radical (unpaired) electrons. The van der Waals surface area contributed by atoms with Gasteiger partial charge in [-0.25, -0.2) is 15.0 Å². The Bertz CT molecular complexity index is 2560. The molecule has 0 saturated heterocycles. The molecule has 4 heterocycles. The highest BCUT2D eigenvalue weighted by Gasteiger charge is 2.07. The second-order valence-electron chi connectivity index (χ2n) is 13.3. The molecule has 0 atom stereocenters. The fourth-order valence-electron chi connectivity index (χ4n) is 6.05. The molecule has 9 nitrogen and oxygen atoms in total.